The van der Waals surface area contributed by atoms with E-state index >= 15 is 0 Å². The molecule has 6 heteroatoms. The molecule has 0 heterocycles. The first-order valence-corrected chi connectivity index (χ1v) is 6.83. The molecule has 20 heavy (non-hydrogen) atoms. The Kier molecular flexibility index (Phi) is 6.97. The Bertz CT molecular complexity index is 435. The molecule has 0 bridgehead atoms. The summed E-state index contributed by atoms with van der Waals surface area (Å²) in [6.45, 7) is 5.54. The van der Waals surface area contributed by atoms with Gasteiger partial charge in [0, 0.05) is 19.0 Å². The average Bonchev–Trinajstić information content (AvgIpc) is 2.38. The molecule has 0 aromatic heterocycles. The fourth-order valence-corrected chi connectivity index (χ4v) is 1.68. The summed E-state index contributed by atoms with van der Waals surface area (Å²) in [5.74, 6) is 0.256. The lowest BCUT2D eigenvalue weighted by molar-refractivity contribution is -0.385. The zero-order valence-electron chi connectivity index (χ0n) is 12.0. The van der Waals surface area contributed by atoms with Crippen LogP contribution in [-0.4, -0.2) is 29.3 Å². The quantitative estimate of drug-likeness (QED) is 0.412. The van der Waals surface area contributed by atoms with Crippen molar-refractivity contribution >= 4 is 5.69 Å². The molecule has 112 valence electrons. The molecule has 0 radical (unpaired) electrons. The molecule has 0 spiro atoms. The minimum absolute atomic E-state index is 0.0464. The highest BCUT2D eigenvalue weighted by molar-refractivity contribution is 5.48. The van der Waals surface area contributed by atoms with Crippen LogP contribution in [0.2, 0.25) is 0 Å². The highest BCUT2D eigenvalue weighted by Gasteiger charge is 2.15. The van der Waals surface area contributed by atoms with Crippen LogP contribution in [0.25, 0.3) is 0 Å². The first kappa shape index (κ1) is 16.4. The number of rotatable bonds is 9. The van der Waals surface area contributed by atoms with Crippen molar-refractivity contribution in [2.75, 3.05) is 13.2 Å². The van der Waals surface area contributed by atoms with Crippen molar-refractivity contribution in [1.82, 2.24) is 5.32 Å². The number of nitrogens with zero attached hydrogens (tertiary/aromatic N) is 1. The average molecular weight is 282 g/mol. The summed E-state index contributed by atoms with van der Waals surface area (Å²) in [4.78, 5) is 10.5. The lowest BCUT2D eigenvalue weighted by Crippen LogP contribution is -2.14. The van der Waals surface area contributed by atoms with Crippen molar-refractivity contribution in [2.45, 2.75) is 39.3 Å². The fraction of sp³-hybridized carbons (Fsp3) is 0.571. The summed E-state index contributed by atoms with van der Waals surface area (Å²) < 4.78 is 5.43. The van der Waals surface area contributed by atoms with Crippen molar-refractivity contribution in [2.24, 2.45) is 0 Å². The van der Waals surface area contributed by atoms with E-state index in [4.69, 9.17) is 4.74 Å². The summed E-state index contributed by atoms with van der Waals surface area (Å²) >= 11 is 0. The predicted octanol–water partition coefficient (Wildman–Crippen LogP) is 2.24. The Labute approximate surface area is 118 Å². The van der Waals surface area contributed by atoms with E-state index in [9.17, 15) is 15.2 Å². The monoisotopic (exact) mass is 282 g/mol. The molecule has 1 unspecified atom stereocenters. The van der Waals surface area contributed by atoms with E-state index in [2.05, 4.69) is 12.2 Å². The molecule has 1 aromatic rings. The number of aliphatic hydroxyl groups is 1. The molecule has 0 aliphatic rings. The maximum Gasteiger partial charge on any atom is 0.310 e. The number of nitrogens with one attached hydrogen (secondary N) is 1. The highest BCUT2D eigenvalue weighted by Crippen LogP contribution is 2.28. The smallest absolute Gasteiger partial charge is 0.310 e. The third kappa shape index (κ3) is 5.54. The zero-order chi connectivity index (χ0) is 15.0. The minimum Gasteiger partial charge on any atom is -0.487 e. The van der Waals surface area contributed by atoms with Crippen LogP contribution in [0.15, 0.2) is 18.2 Å². The Morgan fingerprint density at radius 2 is 2.25 bits per heavy atom. The van der Waals surface area contributed by atoms with Crippen LogP contribution in [0.4, 0.5) is 5.69 Å². The van der Waals surface area contributed by atoms with Crippen molar-refractivity contribution < 1.29 is 14.8 Å². The van der Waals surface area contributed by atoms with E-state index in [1.54, 1.807) is 19.1 Å². The molecule has 0 aliphatic carbocycles. The molecule has 0 saturated heterocycles. The number of nitro groups is 1. The second-order valence-corrected chi connectivity index (χ2v) is 4.72. The SMILES string of the molecule is CCCNCc1ccc([N+](=O)[O-])c(OCCC(C)O)c1. The number of hydrogen-bond donors (Lipinski definition) is 2. The summed E-state index contributed by atoms with van der Waals surface area (Å²) in [6.07, 6.45) is 0.990. The van der Waals surface area contributed by atoms with Gasteiger partial charge in [0.15, 0.2) is 5.75 Å². The Morgan fingerprint density at radius 1 is 1.50 bits per heavy atom. The van der Waals surface area contributed by atoms with E-state index in [-0.39, 0.29) is 18.0 Å². The maximum atomic E-state index is 11.0. The number of aliphatic hydroxyl groups excluding tert-OH is 1. The number of nitro benzene ring substituents is 1. The third-order valence-corrected chi connectivity index (χ3v) is 2.77. The van der Waals surface area contributed by atoms with Crippen molar-refractivity contribution in [3.8, 4) is 5.75 Å². The van der Waals surface area contributed by atoms with E-state index in [0.29, 0.717) is 13.0 Å². The topological polar surface area (TPSA) is 84.6 Å². The van der Waals surface area contributed by atoms with Gasteiger partial charge in [-0.15, -0.1) is 0 Å². The number of hydrogen-bond acceptors (Lipinski definition) is 5. The Hall–Kier alpha value is -1.66. The summed E-state index contributed by atoms with van der Waals surface area (Å²) in [5, 5.41) is 23.4. The molecule has 1 aromatic carbocycles. The zero-order valence-corrected chi connectivity index (χ0v) is 12.0. The molecule has 0 aliphatic heterocycles. The van der Waals surface area contributed by atoms with Crippen LogP contribution in [-0.2, 0) is 6.54 Å². The van der Waals surface area contributed by atoms with Gasteiger partial charge in [0.25, 0.3) is 0 Å². The van der Waals surface area contributed by atoms with Crippen molar-refractivity contribution in [3.05, 3.63) is 33.9 Å². The Balaban J connectivity index is 2.74. The highest BCUT2D eigenvalue weighted by atomic mass is 16.6. The second-order valence-electron chi connectivity index (χ2n) is 4.72. The van der Waals surface area contributed by atoms with Crippen LogP contribution >= 0.6 is 0 Å². The summed E-state index contributed by atoms with van der Waals surface area (Å²) in [6, 6.07) is 4.87. The minimum atomic E-state index is -0.483. The lowest BCUT2D eigenvalue weighted by Gasteiger charge is -2.10. The Morgan fingerprint density at radius 3 is 2.85 bits per heavy atom. The predicted molar refractivity (Wildman–Crippen MR) is 76.9 cm³/mol. The fourth-order valence-electron chi connectivity index (χ4n) is 1.68. The van der Waals surface area contributed by atoms with Crippen molar-refractivity contribution in [1.29, 1.82) is 0 Å². The number of benzene rings is 1. The van der Waals surface area contributed by atoms with Gasteiger partial charge in [-0.2, -0.15) is 0 Å². The largest absolute Gasteiger partial charge is 0.487 e. The molecular formula is C14H22N2O4. The molecule has 0 fully saturated rings. The van der Waals surface area contributed by atoms with E-state index in [1.807, 2.05) is 0 Å². The molecule has 0 saturated carbocycles. The van der Waals surface area contributed by atoms with Gasteiger partial charge in [0.1, 0.15) is 0 Å². The summed E-state index contributed by atoms with van der Waals surface area (Å²) in [7, 11) is 0. The van der Waals surface area contributed by atoms with E-state index in [0.717, 1.165) is 18.5 Å². The van der Waals surface area contributed by atoms with Crippen LogP contribution in [0.5, 0.6) is 5.75 Å². The molecule has 1 atom stereocenters. The maximum absolute atomic E-state index is 11.0. The van der Waals surface area contributed by atoms with Gasteiger partial charge < -0.3 is 15.2 Å². The van der Waals surface area contributed by atoms with Crippen LogP contribution in [0.1, 0.15) is 32.3 Å². The first-order chi connectivity index (χ1) is 9.54. The van der Waals surface area contributed by atoms with Gasteiger partial charge in [-0.05, 0) is 31.5 Å². The summed E-state index contributed by atoms with van der Waals surface area (Å²) in [5.41, 5.74) is 0.894. The van der Waals surface area contributed by atoms with Crippen LogP contribution < -0.4 is 10.1 Å². The second kappa shape index (κ2) is 8.50. The standard InChI is InChI=1S/C14H22N2O4/c1-3-7-15-10-12-4-5-13(16(18)19)14(9-12)20-8-6-11(2)17/h4-5,9,11,15,17H,3,6-8,10H2,1-2H3. The van der Waals surface area contributed by atoms with Gasteiger partial charge >= 0.3 is 5.69 Å². The molecule has 1 rings (SSSR count). The van der Waals surface area contributed by atoms with Gasteiger partial charge in [0.05, 0.1) is 17.6 Å². The van der Waals surface area contributed by atoms with Gasteiger partial charge in [-0.3, -0.25) is 10.1 Å². The first-order valence-electron chi connectivity index (χ1n) is 6.83. The molecule has 0 amide bonds. The third-order valence-electron chi connectivity index (χ3n) is 2.77. The van der Waals surface area contributed by atoms with Gasteiger partial charge in [-0.25, -0.2) is 0 Å². The van der Waals surface area contributed by atoms with Gasteiger partial charge in [0.2, 0.25) is 0 Å². The lowest BCUT2D eigenvalue weighted by atomic mass is 10.2. The van der Waals surface area contributed by atoms with Gasteiger partial charge in [-0.1, -0.05) is 13.0 Å². The van der Waals surface area contributed by atoms with Crippen LogP contribution in [0.3, 0.4) is 0 Å². The van der Waals surface area contributed by atoms with Crippen LogP contribution in [0, 0.1) is 10.1 Å². The molecular weight excluding hydrogens is 260 g/mol. The van der Waals surface area contributed by atoms with E-state index in [1.165, 1.54) is 6.07 Å². The number of ether oxygens (including phenoxy) is 1. The van der Waals surface area contributed by atoms with E-state index < -0.39 is 11.0 Å². The molecule has 2 N–H and O–H groups in total. The normalized spacial score (nSPS) is 12.2. The van der Waals surface area contributed by atoms with Crippen molar-refractivity contribution in [3.63, 3.8) is 0 Å². The molecule has 6 nitrogen and oxygen atoms in total.